The number of thioether (sulfide) groups is 1. The van der Waals surface area contributed by atoms with Gasteiger partial charge in [-0.2, -0.15) is 11.8 Å². The van der Waals surface area contributed by atoms with Crippen molar-refractivity contribution in [1.29, 1.82) is 0 Å². The Morgan fingerprint density at radius 2 is 1.75 bits per heavy atom. The van der Waals surface area contributed by atoms with Crippen molar-refractivity contribution >= 4 is 23.6 Å². The van der Waals surface area contributed by atoms with Crippen LogP contribution in [0.4, 0.5) is 4.39 Å². The summed E-state index contributed by atoms with van der Waals surface area (Å²) >= 11 is 1.56. The second-order valence-electron chi connectivity index (χ2n) is 6.64. The monoisotopic (exact) mass is 402 g/mol. The highest BCUT2D eigenvalue weighted by Gasteiger charge is 2.25. The van der Waals surface area contributed by atoms with E-state index in [9.17, 15) is 14.0 Å². The van der Waals surface area contributed by atoms with Crippen molar-refractivity contribution in [1.82, 2.24) is 10.6 Å². The van der Waals surface area contributed by atoms with Gasteiger partial charge in [-0.05, 0) is 29.7 Å². The molecule has 0 saturated carbocycles. The fourth-order valence-corrected chi connectivity index (χ4v) is 3.51. The van der Waals surface area contributed by atoms with E-state index in [0.717, 1.165) is 6.42 Å². The van der Waals surface area contributed by atoms with Crippen LogP contribution in [0.1, 0.15) is 36.2 Å². The molecule has 0 radical (unpaired) electrons. The van der Waals surface area contributed by atoms with E-state index in [4.69, 9.17) is 0 Å². The zero-order valence-corrected chi connectivity index (χ0v) is 17.1. The van der Waals surface area contributed by atoms with Crippen LogP contribution in [0.25, 0.3) is 0 Å². The van der Waals surface area contributed by atoms with Crippen LogP contribution in [0.15, 0.2) is 54.6 Å². The molecule has 0 saturated heterocycles. The molecule has 2 atom stereocenters. The lowest BCUT2D eigenvalue weighted by Gasteiger charge is -2.23. The Morgan fingerprint density at radius 3 is 2.43 bits per heavy atom. The average Bonchev–Trinajstić information content (AvgIpc) is 2.72. The van der Waals surface area contributed by atoms with E-state index in [1.807, 2.05) is 26.0 Å². The fourth-order valence-electron chi connectivity index (χ4n) is 2.67. The topological polar surface area (TPSA) is 58.2 Å². The zero-order valence-electron chi connectivity index (χ0n) is 16.3. The lowest BCUT2D eigenvalue weighted by Crippen LogP contribution is -2.50. The summed E-state index contributed by atoms with van der Waals surface area (Å²) in [5.74, 6) is 0.584. The molecule has 0 heterocycles. The van der Waals surface area contributed by atoms with Gasteiger partial charge in [0.25, 0.3) is 5.91 Å². The molecule has 2 rings (SSSR count). The smallest absolute Gasteiger partial charge is 0.251 e. The first-order valence-corrected chi connectivity index (χ1v) is 10.6. The van der Waals surface area contributed by atoms with Crippen LogP contribution in [-0.4, -0.2) is 30.2 Å². The second kappa shape index (κ2) is 11.5. The predicted octanol–water partition coefficient (Wildman–Crippen LogP) is 4.02. The molecule has 0 unspecified atom stereocenters. The summed E-state index contributed by atoms with van der Waals surface area (Å²) in [4.78, 5) is 25.0. The molecule has 28 heavy (non-hydrogen) atoms. The maximum absolute atomic E-state index is 13.6. The molecule has 2 aromatic rings. The van der Waals surface area contributed by atoms with E-state index in [1.165, 1.54) is 6.07 Å². The number of nitrogens with one attached hydrogen (secondary N) is 2. The highest BCUT2D eigenvalue weighted by atomic mass is 32.2. The summed E-state index contributed by atoms with van der Waals surface area (Å²) in [6.07, 6.45) is 0.773. The standard InChI is InChI=1S/C22H27FN2O2S/c1-3-16(2)20(25-21(26)17-9-5-4-6-10-17)22(27)24-13-14-28-15-18-11-7-8-12-19(18)23/h4-12,16,20H,3,13-15H2,1-2H3,(H,24,27)(H,25,26)/t16-,20-/m0/s1. The van der Waals surface area contributed by atoms with Gasteiger partial charge in [0.1, 0.15) is 11.9 Å². The van der Waals surface area contributed by atoms with Crippen molar-refractivity contribution in [2.75, 3.05) is 12.3 Å². The summed E-state index contributed by atoms with van der Waals surface area (Å²) in [5.41, 5.74) is 1.19. The van der Waals surface area contributed by atoms with Gasteiger partial charge in [0.05, 0.1) is 0 Å². The van der Waals surface area contributed by atoms with Gasteiger partial charge < -0.3 is 10.6 Å². The van der Waals surface area contributed by atoms with Gasteiger partial charge in [-0.3, -0.25) is 9.59 Å². The van der Waals surface area contributed by atoms with Crippen LogP contribution in [0.2, 0.25) is 0 Å². The van der Waals surface area contributed by atoms with E-state index in [2.05, 4.69) is 10.6 Å². The Kier molecular flexibility index (Phi) is 9.01. The molecule has 0 aliphatic rings. The van der Waals surface area contributed by atoms with Gasteiger partial charge in [0.2, 0.25) is 5.91 Å². The van der Waals surface area contributed by atoms with E-state index in [1.54, 1.807) is 48.2 Å². The summed E-state index contributed by atoms with van der Waals surface area (Å²) < 4.78 is 13.6. The largest absolute Gasteiger partial charge is 0.353 e. The molecular formula is C22H27FN2O2S. The molecule has 150 valence electrons. The summed E-state index contributed by atoms with van der Waals surface area (Å²) in [6.45, 7) is 4.40. The van der Waals surface area contributed by atoms with Gasteiger partial charge >= 0.3 is 0 Å². The Bertz CT molecular complexity index is 770. The van der Waals surface area contributed by atoms with E-state index < -0.39 is 6.04 Å². The summed E-state index contributed by atoms with van der Waals surface area (Å²) in [5, 5.41) is 5.74. The number of benzene rings is 2. The molecule has 0 aliphatic heterocycles. The Morgan fingerprint density at radius 1 is 1.07 bits per heavy atom. The van der Waals surface area contributed by atoms with Gasteiger partial charge in [-0.15, -0.1) is 0 Å². The maximum Gasteiger partial charge on any atom is 0.251 e. The number of halogens is 1. The number of amides is 2. The lowest BCUT2D eigenvalue weighted by molar-refractivity contribution is -0.124. The zero-order chi connectivity index (χ0) is 20.4. The summed E-state index contributed by atoms with van der Waals surface area (Å²) in [7, 11) is 0. The number of hydrogen-bond donors (Lipinski definition) is 2. The highest BCUT2D eigenvalue weighted by molar-refractivity contribution is 7.98. The molecule has 2 aromatic carbocycles. The molecule has 0 aromatic heterocycles. The van der Waals surface area contributed by atoms with Crippen LogP contribution < -0.4 is 10.6 Å². The first kappa shape index (κ1) is 22.0. The first-order chi connectivity index (χ1) is 13.5. The predicted molar refractivity (Wildman–Crippen MR) is 113 cm³/mol. The number of hydrogen-bond acceptors (Lipinski definition) is 3. The van der Waals surface area contributed by atoms with Crippen molar-refractivity contribution < 1.29 is 14.0 Å². The van der Waals surface area contributed by atoms with Crippen LogP contribution in [0, 0.1) is 11.7 Å². The first-order valence-electron chi connectivity index (χ1n) is 9.47. The lowest BCUT2D eigenvalue weighted by atomic mass is 9.98. The fraction of sp³-hybridized carbons (Fsp3) is 0.364. The van der Waals surface area contributed by atoms with Gasteiger partial charge in [0, 0.05) is 23.6 Å². The van der Waals surface area contributed by atoms with Crippen LogP contribution in [-0.2, 0) is 10.5 Å². The SMILES string of the molecule is CC[C@H](C)[C@H](NC(=O)c1ccccc1)C(=O)NCCSCc1ccccc1F. The van der Waals surface area contributed by atoms with Crippen molar-refractivity contribution in [3.8, 4) is 0 Å². The normalized spacial score (nSPS) is 12.8. The Labute approximate surface area is 170 Å². The minimum Gasteiger partial charge on any atom is -0.353 e. The van der Waals surface area contributed by atoms with Crippen molar-refractivity contribution in [2.45, 2.75) is 32.1 Å². The van der Waals surface area contributed by atoms with Crippen LogP contribution >= 0.6 is 11.8 Å². The third-order valence-corrected chi connectivity index (χ3v) is 5.59. The number of carbonyl (C=O) groups is 2. The molecule has 0 spiro atoms. The molecule has 0 bridgehead atoms. The Hall–Kier alpha value is -2.34. The van der Waals surface area contributed by atoms with Crippen molar-refractivity contribution in [3.63, 3.8) is 0 Å². The average molecular weight is 403 g/mol. The highest BCUT2D eigenvalue weighted by Crippen LogP contribution is 2.15. The summed E-state index contributed by atoms with van der Waals surface area (Å²) in [6, 6.07) is 15.0. The van der Waals surface area contributed by atoms with Crippen LogP contribution in [0.3, 0.4) is 0 Å². The third-order valence-electron chi connectivity index (χ3n) is 4.58. The van der Waals surface area contributed by atoms with Crippen LogP contribution in [0.5, 0.6) is 0 Å². The molecular weight excluding hydrogens is 375 g/mol. The molecule has 0 aliphatic carbocycles. The van der Waals surface area contributed by atoms with E-state index in [-0.39, 0.29) is 23.5 Å². The minimum absolute atomic E-state index is 0.0127. The third kappa shape index (κ3) is 6.68. The van der Waals surface area contributed by atoms with E-state index >= 15 is 0 Å². The van der Waals surface area contributed by atoms with Gasteiger partial charge in [-0.25, -0.2) is 4.39 Å². The number of carbonyl (C=O) groups excluding carboxylic acids is 2. The quantitative estimate of drug-likeness (QED) is 0.590. The number of rotatable bonds is 10. The van der Waals surface area contributed by atoms with Crippen molar-refractivity contribution in [2.24, 2.45) is 5.92 Å². The van der Waals surface area contributed by atoms with Gasteiger partial charge in [-0.1, -0.05) is 56.7 Å². The molecule has 0 fully saturated rings. The molecule has 6 heteroatoms. The molecule has 2 N–H and O–H groups in total. The molecule has 2 amide bonds. The Balaban J connectivity index is 1.82. The maximum atomic E-state index is 13.6. The van der Waals surface area contributed by atoms with E-state index in [0.29, 0.717) is 29.2 Å². The van der Waals surface area contributed by atoms with Crippen molar-refractivity contribution in [3.05, 3.63) is 71.5 Å². The molecule has 4 nitrogen and oxygen atoms in total. The second-order valence-corrected chi connectivity index (χ2v) is 7.74. The minimum atomic E-state index is -0.589. The van der Waals surface area contributed by atoms with Gasteiger partial charge in [0.15, 0.2) is 0 Å².